The van der Waals surface area contributed by atoms with Gasteiger partial charge in [0.15, 0.2) is 0 Å². The van der Waals surface area contributed by atoms with Gasteiger partial charge in [-0.3, -0.25) is 9.59 Å². The van der Waals surface area contributed by atoms with E-state index in [0.717, 1.165) is 51.4 Å². The predicted molar refractivity (Wildman–Crippen MR) is 338 cm³/mol. The number of esters is 1. The van der Waals surface area contributed by atoms with Gasteiger partial charge in [-0.05, 0) is 89.9 Å². The molecule has 0 radical (unpaired) electrons. The molecule has 0 spiro atoms. The molecule has 0 aliphatic heterocycles. The molecule has 3 N–H and O–H groups in total. The van der Waals surface area contributed by atoms with Crippen LogP contribution >= 0.6 is 0 Å². The maximum absolute atomic E-state index is 12.5. The molecule has 2 unspecified atom stereocenters. The molecule has 6 heteroatoms. The second-order valence-electron chi connectivity index (χ2n) is 23.5. The molecular formula is C71H133NO5. The molecule has 1 amide bonds. The molecule has 6 nitrogen and oxygen atoms in total. The molecule has 0 aromatic carbocycles. The van der Waals surface area contributed by atoms with Gasteiger partial charge in [0.25, 0.3) is 0 Å². The third-order valence-electron chi connectivity index (χ3n) is 15.8. The van der Waals surface area contributed by atoms with Crippen LogP contribution in [0.4, 0.5) is 0 Å². The van der Waals surface area contributed by atoms with Crippen LogP contribution in [0.1, 0.15) is 367 Å². The van der Waals surface area contributed by atoms with Gasteiger partial charge in [0.05, 0.1) is 25.4 Å². The maximum Gasteiger partial charge on any atom is 0.305 e. The summed E-state index contributed by atoms with van der Waals surface area (Å²) >= 11 is 0. The average Bonchev–Trinajstić information content (AvgIpc) is 3.43. The van der Waals surface area contributed by atoms with Gasteiger partial charge < -0.3 is 20.3 Å². The number of hydrogen-bond donors (Lipinski definition) is 3. The van der Waals surface area contributed by atoms with Crippen LogP contribution in [-0.2, 0) is 14.3 Å². The van der Waals surface area contributed by atoms with Gasteiger partial charge >= 0.3 is 5.97 Å². The van der Waals surface area contributed by atoms with Gasteiger partial charge in [-0.2, -0.15) is 0 Å². The quantitative estimate of drug-likeness (QED) is 0.0320. The third-order valence-corrected chi connectivity index (χ3v) is 15.8. The molecule has 2 atom stereocenters. The predicted octanol–water partition coefficient (Wildman–Crippen LogP) is 22.1. The van der Waals surface area contributed by atoms with Crippen molar-refractivity contribution < 1.29 is 24.5 Å². The Balaban J connectivity index is 3.40. The minimum Gasteiger partial charge on any atom is -0.466 e. The zero-order valence-corrected chi connectivity index (χ0v) is 51.7. The second kappa shape index (κ2) is 66.3. The summed E-state index contributed by atoms with van der Waals surface area (Å²) in [7, 11) is 0. The summed E-state index contributed by atoms with van der Waals surface area (Å²) in [5.74, 6) is -0.0614. The van der Waals surface area contributed by atoms with Crippen LogP contribution in [0.5, 0.6) is 0 Å². The lowest BCUT2D eigenvalue weighted by Crippen LogP contribution is -2.45. The molecule has 0 saturated heterocycles. The zero-order chi connectivity index (χ0) is 55.7. The number of aliphatic hydroxyl groups excluding tert-OH is 2. The molecule has 0 heterocycles. The highest BCUT2D eigenvalue weighted by Gasteiger charge is 2.18. The van der Waals surface area contributed by atoms with Crippen LogP contribution in [0.3, 0.4) is 0 Å². The van der Waals surface area contributed by atoms with E-state index in [1.165, 1.54) is 289 Å². The first-order chi connectivity index (χ1) is 38.0. The van der Waals surface area contributed by atoms with Gasteiger partial charge in [-0.1, -0.05) is 313 Å². The van der Waals surface area contributed by atoms with Crippen molar-refractivity contribution in [3.8, 4) is 0 Å². The summed E-state index contributed by atoms with van der Waals surface area (Å²) in [5, 5.41) is 23.1. The molecule has 0 bridgehead atoms. The third kappa shape index (κ3) is 62.9. The zero-order valence-electron chi connectivity index (χ0n) is 51.7. The average molecular weight is 1080 g/mol. The highest BCUT2D eigenvalue weighted by Crippen LogP contribution is 2.17. The van der Waals surface area contributed by atoms with E-state index in [4.69, 9.17) is 4.74 Å². The lowest BCUT2D eigenvalue weighted by molar-refractivity contribution is -0.143. The van der Waals surface area contributed by atoms with E-state index in [9.17, 15) is 19.8 Å². The van der Waals surface area contributed by atoms with E-state index in [0.29, 0.717) is 19.4 Å². The Labute approximate surface area is 480 Å². The standard InChI is InChI=1S/C71H133NO5/c1-3-5-7-9-11-13-15-17-36-41-45-49-53-57-61-65-71(76)77-66-62-58-54-50-46-42-38-35-33-31-29-27-25-23-21-19-20-22-24-26-28-30-32-34-37-40-44-48-52-56-60-64-70(75)72-68(67-73)69(74)63-59-55-51-47-43-39-18-16-14-12-10-8-6-4-2/h17,21,23,27,29,36,59,63,68-69,73-74H,3-16,18-20,22,24-26,28,30-35,37-58,60-62,64-67H2,1-2H3,(H,72,75)/b23-21-,29-27-,36-17-,63-59+. The fraction of sp³-hybridized carbons (Fsp3) is 0.859. The summed E-state index contributed by atoms with van der Waals surface area (Å²) < 4.78 is 5.48. The Morgan fingerprint density at radius 2 is 0.649 bits per heavy atom. The molecule has 0 aliphatic rings. The minimum absolute atomic E-state index is 0.00493. The highest BCUT2D eigenvalue weighted by atomic mass is 16.5. The Morgan fingerprint density at radius 1 is 0.364 bits per heavy atom. The monoisotopic (exact) mass is 1080 g/mol. The van der Waals surface area contributed by atoms with E-state index in [1.807, 2.05) is 6.08 Å². The second-order valence-corrected chi connectivity index (χ2v) is 23.5. The Bertz CT molecular complexity index is 1290. The van der Waals surface area contributed by atoms with Crippen molar-refractivity contribution in [2.24, 2.45) is 0 Å². The maximum atomic E-state index is 12.5. The Kier molecular flexibility index (Phi) is 64.5. The Morgan fingerprint density at radius 3 is 1.00 bits per heavy atom. The van der Waals surface area contributed by atoms with Gasteiger partial charge in [0.1, 0.15) is 0 Å². The normalized spacial score (nSPS) is 12.8. The number of allylic oxidation sites excluding steroid dienone is 7. The molecule has 77 heavy (non-hydrogen) atoms. The van der Waals surface area contributed by atoms with Crippen molar-refractivity contribution in [1.82, 2.24) is 5.32 Å². The number of carbonyl (C=O) groups is 2. The SMILES string of the molecule is CCCCCCCC/C=C\CCCCCCCC(=O)OCCCCCCCCCCC/C=C\C/C=C\CCCCCCCCCCCCCCCCCC(=O)NC(CO)C(O)/C=C/CCCCCCCCCCCCCC. The number of ether oxygens (including phenoxy) is 1. The van der Waals surface area contributed by atoms with Crippen molar-refractivity contribution >= 4 is 11.9 Å². The molecule has 0 aromatic rings. The molecule has 0 fully saturated rings. The topological polar surface area (TPSA) is 95.9 Å². The molecular weight excluding hydrogens is 947 g/mol. The summed E-state index contributed by atoms with van der Waals surface area (Å²) in [4.78, 5) is 24.5. The van der Waals surface area contributed by atoms with Gasteiger partial charge in [-0.15, -0.1) is 0 Å². The van der Waals surface area contributed by atoms with E-state index < -0.39 is 12.1 Å². The molecule has 0 rings (SSSR count). The minimum atomic E-state index is -0.844. The van der Waals surface area contributed by atoms with Gasteiger partial charge in [0, 0.05) is 12.8 Å². The number of amides is 1. The molecule has 0 aromatic heterocycles. The number of nitrogens with one attached hydrogen (secondary N) is 1. The van der Waals surface area contributed by atoms with Crippen molar-refractivity contribution in [1.29, 1.82) is 0 Å². The van der Waals surface area contributed by atoms with E-state index in [2.05, 4.69) is 55.6 Å². The lowest BCUT2D eigenvalue weighted by Gasteiger charge is -2.20. The Hall–Kier alpha value is -2.18. The molecule has 0 aliphatic carbocycles. The smallest absolute Gasteiger partial charge is 0.305 e. The van der Waals surface area contributed by atoms with Crippen LogP contribution in [0.15, 0.2) is 48.6 Å². The fourth-order valence-corrected chi connectivity index (χ4v) is 10.5. The van der Waals surface area contributed by atoms with Crippen molar-refractivity contribution in [2.45, 2.75) is 379 Å². The number of carbonyl (C=O) groups excluding carboxylic acids is 2. The van der Waals surface area contributed by atoms with Crippen LogP contribution in [-0.4, -0.2) is 47.4 Å². The number of hydrogen-bond acceptors (Lipinski definition) is 5. The number of unbranched alkanes of at least 4 members (excludes halogenated alkanes) is 47. The fourth-order valence-electron chi connectivity index (χ4n) is 10.5. The summed E-state index contributed by atoms with van der Waals surface area (Å²) in [6.07, 6.45) is 86.1. The summed E-state index contributed by atoms with van der Waals surface area (Å²) in [6.45, 7) is 4.91. The van der Waals surface area contributed by atoms with Crippen LogP contribution in [0.25, 0.3) is 0 Å². The molecule has 0 saturated carbocycles. The van der Waals surface area contributed by atoms with E-state index in [1.54, 1.807) is 6.08 Å². The highest BCUT2D eigenvalue weighted by molar-refractivity contribution is 5.76. The summed E-state index contributed by atoms with van der Waals surface area (Å²) in [5.41, 5.74) is 0. The van der Waals surface area contributed by atoms with Gasteiger partial charge in [0.2, 0.25) is 5.91 Å². The van der Waals surface area contributed by atoms with E-state index >= 15 is 0 Å². The van der Waals surface area contributed by atoms with E-state index in [-0.39, 0.29) is 18.5 Å². The van der Waals surface area contributed by atoms with Crippen molar-refractivity contribution in [2.75, 3.05) is 13.2 Å². The molecule has 452 valence electrons. The first kappa shape index (κ1) is 74.8. The number of aliphatic hydroxyl groups is 2. The van der Waals surface area contributed by atoms with Crippen molar-refractivity contribution in [3.63, 3.8) is 0 Å². The first-order valence-electron chi connectivity index (χ1n) is 34.4. The van der Waals surface area contributed by atoms with Crippen LogP contribution in [0.2, 0.25) is 0 Å². The first-order valence-corrected chi connectivity index (χ1v) is 34.4. The van der Waals surface area contributed by atoms with Crippen molar-refractivity contribution in [3.05, 3.63) is 48.6 Å². The summed E-state index contributed by atoms with van der Waals surface area (Å²) in [6, 6.07) is -0.627. The number of rotatable bonds is 64. The van der Waals surface area contributed by atoms with Crippen LogP contribution < -0.4 is 5.32 Å². The largest absolute Gasteiger partial charge is 0.466 e. The van der Waals surface area contributed by atoms with Crippen LogP contribution in [0, 0.1) is 0 Å². The lowest BCUT2D eigenvalue weighted by atomic mass is 10.0. The van der Waals surface area contributed by atoms with Gasteiger partial charge in [-0.25, -0.2) is 0 Å².